The van der Waals surface area contributed by atoms with Crippen LogP contribution in [0.15, 0.2) is 12.1 Å². The average molecular weight is 277 g/mol. The minimum atomic E-state index is 0.178. The van der Waals surface area contributed by atoms with Crippen molar-refractivity contribution < 1.29 is 4.74 Å². The first-order valence-electron chi connectivity index (χ1n) is 7.10. The molecule has 20 heavy (non-hydrogen) atoms. The van der Waals surface area contributed by atoms with Crippen LogP contribution in [0, 0.1) is 0 Å². The summed E-state index contributed by atoms with van der Waals surface area (Å²) in [6.07, 6.45) is 3.47. The molecule has 0 saturated heterocycles. The quantitative estimate of drug-likeness (QED) is 0.722. The van der Waals surface area contributed by atoms with Gasteiger partial charge in [0.05, 0.1) is 29.8 Å². The number of nitrogens with two attached hydrogens (primary N) is 2. The highest BCUT2D eigenvalue weighted by Gasteiger charge is 2.26. The first-order chi connectivity index (χ1) is 9.56. The zero-order valence-corrected chi connectivity index (χ0v) is 12.1. The van der Waals surface area contributed by atoms with Crippen molar-refractivity contribution in [3.8, 4) is 0 Å². The Bertz CT molecular complexity index is 507. The fraction of sp³-hybridized carbons (Fsp3) is 0.571. The summed E-state index contributed by atoms with van der Waals surface area (Å²) >= 11 is 0. The Labute approximate surface area is 119 Å². The van der Waals surface area contributed by atoms with Gasteiger partial charge in [0.1, 0.15) is 0 Å². The second kappa shape index (κ2) is 5.12. The van der Waals surface area contributed by atoms with Gasteiger partial charge in [-0.25, -0.2) is 0 Å². The van der Waals surface area contributed by atoms with Crippen molar-refractivity contribution in [3.63, 3.8) is 0 Å². The molecular weight excluding hydrogens is 254 g/mol. The number of hydrazine groups is 2. The van der Waals surface area contributed by atoms with Gasteiger partial charge in [-0.05, 0) is 37.0 Å². The maximum atomic E-state index is 6.11. The SMILES string of the molecule is CN1Nc2c(N)cc(CO[C@@H]3CCC[C@H]3N)cc2N1C. The molecule has 5 N–H and O–H groups in total. The van der Waals surface area contributed by atoms with Crippen LogP contribution in [0.4, 0.5) is 17.1 Å². The zero-order valence-electron chi connectivity index (χ0n) is 12.1. The van der Waals surface area contributed by atoms with Gasteiger partial charge in [0.2, 0.25) is 0 Å². The Hall–Kier alpha value is -1.50. The molecule has 1 aromatic carbocycles. The van der Waals surface area contributed by atoms with E-state index in [4.69, 9.17) is 16.2 Å². The summed E-state index contributed by atoms with van der Waals surface area (Å²) in [6.45, 7) is 0.563. The Morgan fingerprint density at radius 1 is 1.35 bits per heavy atom. The van der Waals surface area contributed by atoms with Crippen LogP contribution in [-0.4, -0.2) is 31.4 Å². The van der Waals surface area contributed by atoms with E-state index >= 15 is 0 Å². The molecule has 0 spiro atoms. The predicted octanol–water partition coefficient (Wildman–Crippen LogP) is 1.29. The van der Waals surface area contributed by atoms with Gasteiger partial charge >= 0.3 is 0 Å². The molecule has 1 aliphatic heterocycles. The van der Waals surface area contributed by atoms with Crippen molar-refractivity contribution in [1.82, 2.24) is 5.12 Å². The van der Waals surface area contributed by atoms with E-state index in [0.717, 1.165) is 41.9 Å². The van der Waals surface area contributed by atoms with E-state index in [1.165, 1.54) is 0 Å². The first kappa shape index (κ1) is 13.5. The van der Waals surface area contributed by atoms with Crippen LogP contribution in [0.2, 0.25) is 0 Å². The van der Waals surface area contributed by atoms with Crippen LogP contribution in [0.3, 0.4) is 0 Å². The largest absolute Gasteiger partial charge is 0.397 e. The molecule has 1 saturated carbocycles. The van der Waals surface area contributed by atoms with Gasteiger partial charge in [-0.3, -0.25) is 10.4 Å². The first-order valence-corrected chi connectivity index (χ1v) is 7.10. The number of fused-ring (bicyclic) bond motifs is 1. The molecule has 6 heteroatoms. The molecule has 1 aliphatic carbocycles. The highest BCUT2D eigenvalue weighted by Crippen LogP contribution is 2.38. The molecular formula is C14H23N5O. The number of ether oxygens (including phenoxy) is 1. The van der Waals surface area contributed by atoms with Crippen molar-refractivity contribution in [1.29, 1.82) is 0 Å². The van der Waals surface area contributed by atoms with Crippen molar-refractivity contribution in [2.24, 2.45) is 5.73 Å². The molecule has 0 aromatic heterocycles. The van der Waals surface area contributed by atoms with Gasteiger partial charge in [0.15, 0.2) is 0 Å². The number of rotatable bonds is 3. The topological polar surface area (TPSA) is 79.8 Å². The van der Waals surface area contributed by atoms with E-state index in [1.54, 1.807) is 0 Å². The summed E-state index contributed by atoms with van der Waals surface area (Å²) in [6, 6.07) is 4.26. The van der Waals surface area contributed by atoms with Gasteiger partial charge in [-0.1, -0.05) is 0 Å². The van der Waals surface area contributed by atoms with Gasteiger partial charge in [0, 0.05) is 20.1 Å². The van der Waals surface area contributed by atoms with Crippen LogP contribution in [-0.2, 0) is 11.3 Å². The van der Waals surface area contributed by atoms with Gasteiger partial charge in [-0.2, -0.15) is 0 Å². The third-order valence-electron chi connectivity index (χ3n) is 4.25. The van der Waals surface area contributed by atoms with Crippen LogP contribution in [0.5, 0.6) is 0 Å². The lowest BCUT2D eigenvalue weighted by Gasteiger charge is -2.20. The molecule has 110 valence electrons. The molecule has 2 aliphatic rings. The fourth-order valence-corrected chi connectivity index (χ4v) is 2.93. The van der Waals surface area contributed by atoms with E-state index in [9.17, 15) is 0 Å². The van der Waals surface area contributed by atoms with Crippen LogP contribution >= 0.6 is 0 Å². The Morgan fingerprint density at radius 2 is 2.15 bits per heavy atom. The second-order valence-electron chi connectivity index (χ2n) is 5.68. The minimum Gasteiger partial charge on any atom is -0.397 e. The molecule has 0 amide bonds. The van der Waals surface area contributed by atoms with Crippen molar-refractivity contribution in [2.75, 3.05) is 30.3 Å². The van der Waals surface area contributed by atoms with Crippen molar-refractivity contribution >= 4 is 17.1 Å². The Morgan fingerprint density at radius 3 is 2.85 bits per heavy atom. The number of benzene rings is 1. The lowest BCUT2D eigenvalue weighted by molar-refractivity contribution is 0.0358. The lowest BCUT2D eigenvalue weighted by atomic mass is 10.1. The summed E-state index contributed by atoms with van der Waals surface area (Å²) in [5, 5.41) is 3.93. The van der Waals surface area contributed by atoms with Gasteiger partial charge in [-0.15, -0.1) is 5.12 Å². The van der Waals surface area contributed by atoms with E-state index in [-0.39, 0.29) is 12.1 Å². The van der Waals surface area contributed by atoms with Crippen LogP contribution in [0.25, 0.3) is 0 Å². The Kier molecular flexibility index (Phi) is 3.45. The third-order valence-corrected chi connectivity index (χ3v) is 4.25. The second-order valence-corrected chi connectivity index (χ2v) is 5.68. The average Bonchev–Trinajstić information content (AvgIpc) is 2.94. The number of anilines is 3. The lowest BCUT2D eigenvalue weighted by Crippen LogP contribution is -2.34. The van der Waals surface area contributed by atoms with Gasteiger partial charge in [0.25, 0.3) is 0 Å². The molecule has 0 radical (unpaired) electrons. The molecule has 1 fully saturated rings. The van der Waals surface area contributed by atoms with E-state index in [2.05, 4.69) is 11.5 Å². The standard InChI is InChI=1S/C14H23N5O/c1-18-12-7-9(6-11(16)14(12)17-19(18)2)8-20-13-5-3-4-10(13)15/h6-7,10,13,17H,3-5,8,15-16H2,1-2H3/t10-,13-/m1/s1. The predicted molar refractivity (Wildman–Crippen MR) is 81.0 cm³/mol. The monoisotopic (exact) mass is 277 g/mol. The maximum absolute atomic E-state index is 6.11. The molecule has 6 nitrogen and oxygen atoms in total. The third kappa shape index (κ3) is 2.30. The van der Waals surface area contributed by atoms with Crippen LogP contribution < -0.4 is 21.9 Å². The zero-order chi connectivity index (χ0) is 14.3. The Balaban J connectivity index is 1.74. The van der Waals surface area contributed by atoms with E-state index in [1.807, 2.05) is 30.3 Å². The summed E-state index contributed by atoms with van der Waals surface area (Å²) in [5.74, 6) is 0. The number of hydrogen-bond acceptors (Lipinski definition) is 6. The number of hydrogen-bond donors (Lipinski definition) is 3. The van der Waals surface area contributed by atoms with Crippen LogP contribution in [0.1, 0.15) is 24.8 Å². The molecule has 3 rings (SSSR count). The van der Waals surface area contributed by atoms with Crippen molar-refractivity contribution in [3.05, 3.63) is 17.7 Å². The normalized spacial score (nSPS) is 25.9. The number of nitrogen functional groups attached to an aromatic ring is 1. The number of nitrogens with zero attached hydrogens (tertiary/aromatic N) is 2. The van der Waals surface area contributed by atoms with Gasteiger partial charge < -0.3 is 16.2 Å². The summed E-state index contributed by atoms with van der Waals surface area (Å²) in [7, 11) is 3.95. The number of nitrogens with one attached hydrogen (secondary N) is 1. The van der Waals surface area contributed by atoms with E-state index < -0.39 is 0 Å². The molecule has 2 atom stereocenters. The summed E-state index contributed by atoms with van der Waals surface area (Å²) in [4.78, 5) is 0. The molecule has 0 bridgehead atoms. The highest BCUT2D eigenvalue weighted by molar-refractivity contribution is 5.84. The van der Waals surface area contributed by atoms with Crippen molar-refractivity contribution in [2.45, 2.75) is 38.0 Å². The van der Waals surface area contributed by atoms with E-state index in [0.29, 0.717) is 6.61 Å². The minimum absolute atomic E-state index is 0.178. The summed E-state index contributed by atoms with van der Waals surface area (Å²) in [5.41, 5.74) is 19.2. The smallest absolute Gasteiger partial charge is 0.0986 e. The molecule has 1 aromatic rings. The molecule has 0 unspecified atom stereocenters. The molecule has 1 heterocycles. The maximum Gasteiger partial charge on any atom is 0.0986 e. The highest BCUT2D eigenvalue weighted by atomic mass is 16.5. The summed E-state index contributed by atoms with van der Waals surface area (Å²) < 4.78 is 5.95. The fourth-order valence-electron chi connectivity index (χ4n) is 2.93.